The molecule has 2 heteroatoms. The van der Waals surface area contributed by atoms with Gasteiger partial charge in [0.2, 0.25) is 0 Å². The molecule has 0 aromatic heterocycles. The number of hydrogen-bond acceptors (Lipinski definition) is 1. The van der Waals surface area contributed by atoms with Crippen molar-refractivity contribution < 1.29 is 0 Å². The zero-order valence-electron chi connectivity index (χ0n) is 6.96. The van der Waals surface area contributed by atoms with Crippen molar-refractivity contribution in [2.24, 2.45) is 0 Å². The van der Waals surface area contributed by atoms with Crippen LogP contribution in [0.4, 0.5) is 0 Å². The fourth-order valence-electron chi connectivity index (χ4n) is 1.39. The maximum absolute atomic E-state index is 2.47. The number of hydrogen-bond donors (Lipinski definition) is 0. The van der Waals surface area contributed by atoms with Crippen molar-refractivity contribution in [3.8, 4) is 0 Å². The monoisotopic (exact) mass is 273 g/mol. The van der Waals surface area contributed by atoms with Gasteiger partial charge >= 0.3 is 0 Å². The molecule has 1 aliphatic rings. The van der Waals surface area contributed by atoms with Gasteiger partial charge in [0.1, 0.15) is 0 Å². The van der Waals surface area contributed by atoms with E-state index in [0.29, 0.717) is 0 Å². The van der Waals surface area contributed by atoms with Crippen molar-refractivity contribution in [3.63, 3.8) is 0 Å². The van der Waals surface area contributed by atoms with Crippen LogP contribution in [0.3, 0.4) is 0 Å². The van der Waals surface area contributed by atoms with Crippen molar-refractivity contribution in [2.45, 2.75) is 13.0 Å². The fourth-order valence-corrected chi connectivity index (χ4v) is 1.75. The van der Waals surface area contributed by atoms with Gasteiger partial charge in [-0.3, -0.25) is 4.90 Å². The van der Waals surface area contributed by atoms with E-state index in [0.717, 1.165) is 6.54 Å². The third-order valence-electron chi connectivity index (χ3n) is 2.27. The van der Waals surface area contributed by atoms with E-state index in [1.165, 1.54) is 28.6 Å². The van der Waals surface area contributed by atoms with Crippen LogP contribution in [0.5, 0.6) is 0 Å². The Morgan fingerprint density at radius 3 is 2.33 bits per heavy atom. The van der Waals surface area contributed by atoms with Gasteiger partial charge in [-0.05, 0) is 59.8 Å². The zero-order valence-corrected chi connectivity index (χ0v) is 9.12. The highest BCUT2D eigenvalue weighted by Gasteiger charge is 2.12. The Morgan fingerprint density at radius 1 is 1.17 bits per heavy atom. The summed E-state index contributed by atoms with van der Waals surface area (Å²) in [5.74, 6) is 0. The molecule has 0 amide bonds. The van der Waals surface area contributed by atoms with Gasteiger partial charge in [0.25, 0.3) is 0 Å². The molecule has 1 heterocycles. The highest BCUT2D eigenvalue weighted by atomic mass is 127. The van der Waals surface area contributed by atoms with Gasteiger partial charge in [-0.15, -0.1) is 0 Å². The number of likely N-dealkylation sites (tertiary alicyclic amines) is 1. The van der Waals surface area contributed by atoms with Crippen LogP contribution < -0.4 is 0 Å². The highest BCUT2D eigenvalue weighted by Crippen LogP contribution is 2.13. The predicted molar refractivity (Wildman–Crippen MR) is 59.1 cm³/mol. The second-order valence-electron chi connectivity index (χ2n) is 3.26. The molecular weight excluding hydrogens is 261 g/mol. The molecule has 1 aromatic carbocycles. The third-order valence-corrected chi connectivity index (χ3v) is 2.99. The second kappa shape index (κ2) is 3.75. The molecule has 1 saturated heterocycles. The molecule has 0 radical (unpaired) electrons. The van der Waals surface area contributed by atoms with E-state index < -0.39 is 0 Å². The SMILES string of the molecule is Ic1ccc(CN2CCC2)cc1. The van der Waals surface area contributed by atoms with Crippen LogP contribution in [-0.2, 0) is 6.54 Å². The molecule has 2 rings (SSSR count). The van der Waals surface area contributed by atoms with E-state index >= 15 is 0 Å². The molecule has 0 aliphatic carbocycles. The number of nitrogens with zero attached hydrogens (tertiary/aromatic N) is 1. The van der Waals surface area contributed by atoms with Gasteiger partial charge in [-0.2, -0.15) is 0 Å². The Kier molecular flexibility index (Phi) is 2.66. The molecule has 0 spiro atoms. The van der Waals surface area contributed by atoms with Crippen molar-refractivity contribution in [2.75, 3.05) is 13.1 Å². The molecule has 0 unspecified atom stereocenters. The lowest BCUT2D eigenvalue weighted by Gasteiger charge is -2.30. The lowest BCUT2D eigenvalue weighted by Crippen LogP contribution is -2.36. The largest absolute Gasteiger partial charge is 0.299 e. The Hall–Kier alpha value is -0.0900. The first-order valence-electron chi connectivity index (χ1n) is 4.31. The smallest absolute Gasteiger partial charge is 0.0233 e. The summed E-state index contributed by atoms with van der Waals surface area (Å²) in [6, 6.07) is 8.80. The van der Waals surface area contributed by atoms with E-state index in [1.54, 1.807) is 0 Å². The summed E-state index contributed by atoms with van der Waals surface area (Å²) < 4.78 is 1.32. The molecule has 1 fully saturated rings. The number of rotatable bonds is 2. The van der Waals surface area contributed by atoms with Gasteiger partial charge in [0.05, 0.1) is 0 Å². The summed E-state index contributed by atoms with van der Waals surface area (Å²) in [4.78, 5) is 2.47. The third kappa shape index (κ3) is 1.98. The van der Waals surface area contributed by atoms with E-state index in [2.05, 4.69) is 51.8 Å². The second-order valence-corrected chi connectivity index (χ2v) is 4.50. The Labute approximate surface area is 86.9 Å². The van der Waals surface area contributed by atoms with Gasteiger partial charge in [-0.25, -0.2) is 0 Å². The summed E-state index contributed by atoms with van der Waals surface area (Å²) in [6.07, 6.45) is 1.38. The predicted octanol–water partition coefficient (Wildman–Crippen LogP) is 2.50. The summed E-state index contributed by atoms with van der Waals surface area (Å²) in [5.41, 5.74) is 1.44. The Balaban J connectivity index is 1.98. The normalized spacial score (nSPS) is 17.4. The summed E-state index contributed by atoms with van der Waals surface area (Å²) in [6.45, 7) is 3.70. The molecule has 0 bridgehead atoms. The van der Waals surface area contributed by atoms with Crippen LogP contribution in [0.15, 0.2) is 24.3 Å². The van der Waals surface area contributed by atoms with Crippen LogP contribution in [0.25, 0.3) is 0 Å². The molecule has 0 N–H and O–H groups in total. The minimum atomic E-state index is 1.14. The average molecular weight is 273 g/mol. The minimum absolute atomic E-state index is 1.14. The first kappa shape index (κ1) is 8.51. The summed E-state index contributed by atoms with van der Waals surface area (Å²) in [5, 5.41) is 0. The van der Waals surface area contributed by atoms with Gasteiger partial charge in [0.15, 0.2) is 0 Å². The van der Waals surface area contributed by atoms with E-state index in [4.69, 9.17) is 0 Å². The number of benzene rings is 1. The topological polar surface area (TPSA) is 3.24 Å². The van der Waals surface area contributed by atoms with Gasteiger partial charge in [-0.1, -0.05) is 12.1 Å². The average Bonchev–Trinajstić information content (AvgIpc) is 2.00. The molecule has 0 saturated carbocycles. The molecule has 1 aliphatic heterocycles. The quantitative estimate of drug-likeness (QED) is 0.748. The van der Waals surface area contributed by atoms with Crippen molar-refractivity contribution >= 4 is 22.6 Å². The van der Waals surface area contributed by atoms with Crippen LogP contribution in [-0.4, -0.2) is 18.0 Å². The van der Waals surface area contributed by atoms with Crippen LogP contribution >= 0.6 is 22.6 Å². The van der Waals surface area contributed by atoms with Crippen molar-refractivity contribution in [3.05, 3.63) is 33.4 Å². The summed E-state index contributed by atoms with van der Waals surface area (Å²) >= 11 is 2.34. The molecule has 1 nitrogen and oxygen atoms in total. The lowest BCUT2D eigenvalue weighted by molar-refractivity contribution is 0.172. The lowest BCUT2D eigenvalue weighted by atomic mass is 10.1. The summed E-state index contributed by atoms with van der Waals surface area (Å²) in [7, 11) is 0. The maximum atomic E-state index is 2.47. The highest BCUT2D eigenvalue weighted by molar-refractivity contribution is 14.1. The molecular formula is C10H12IN. The fraction of sp³-hybridized carbons (Fsp3) is 0.400. The first-order chi connectivity index (χ1) is 5.84. The first-order valence-corrected chi connectivity index (χ1v) is 5.39. The van der Waals surface area contributed by atoms with Crippen molar-refractivity contribution in [1.29, 1.82) is 0 Å². The van der Waals surface area contributed by atoms with E-state index in [9.17, 15) is 0 Å². The molecule has 1 aromatic rings. The van der Waals surface area contributed by atoms with Gasteiger partial charge < -0.3 is 0 Å². The van der Waals surface area contributed by atoms with Gasteiger partial charge in [0, 0.05) is 10.1 Å². The minimum Gasteiger partial charge on any atom is -0.299 e. The van der Waals surface area contributed by atoms with Crippen LogP contribution in [0, 0.1) is 3.57 Å². The van der Waals surface area contributed by atoms with Crippen LogP contribution in [0.2, 0.25) is 0 Å². The van der Waals surface area contributed by atoms with E-state index in [-0.39, 0.29) is 0 Å². The Bertz CT molecular complexity index is 251. The van der Waals surface area contributed by atoms with E-state index in [1.807, 2.05) is 0 Å². The molecule has 0 atom stereocenters. The maximum Gasteiger partial charge on any atom is 0.0233 e. The van der Waals surface area contributed by atoms with Crippen molar-refractivity contribution in [1.82, 2.24) is 4.90 Å². The zero-order chi connectivity index (χ0) is 8.39. The Morgan fingerprint density at radius 2 is 1.83 bits per heavy atom. The van der Waals surface area contributed by atoms with Crippen LogP contribution in [0.1, 0.15) is 12.0 Å². The standard InChI is InChI=1S/C10H12IN/c11-10-4-2-9(3-5-10)8-12-6-1-7-12/h2-5H,1,6-8H2. The molecule has 12 heavy (non-hydrogen) atoms. The number of halogens is 1. The molecule has 64 valence electrons.